The van der Waals surface area contributed by atoms with Gasteiger partial charge in [0.1, 0.15) is 0 Å². The second kappa shape index (κ2) is 4.73. The summed E-state index contributed by atoms with van der Waals surface area (Å²) in [4.78, 5) is 10.1. The molecule has 0 aliphatic heterocycles. The van der Waals surface area contributed by atoms with Crippen LogP contribution in [0.25, 0.3) is 0 Å². The molecule has 1 aromatic rings. The molecule has 0 bridgehead atoms. The quantitative estimate of drug-likeness (QED) is 0.529. The molecule has 1 heterocycles. The SMILES string of the molecule is CN(C)c1ncc(C#CCS)cn1. The van der Waals surface area contributed by atoms with Crippen molar-refractivity contribution < 1.29 is 0 Å². The fourth-order valence-electron chi connectivity index (χ4n) is 0.758. The molecule has 0 unspecified atom stereocenters. The molecule has 0 spiro atoms. The molecule has 0 aliphatic rings. The molecule has 0 saturated heterocycles. The smallest absolute Gasteiger partial charge is 0.224 e. The molecule has 0 saturated carbocycles. The van der Waals surface area contributed by atoms with Gasteiger partial charge in [0, 0.05) is 26.5 Å². The van der Waals surface area contributed by atoms with Gasteiger partial charge in [0.15, 0.2) is 0 Å². The maximum Gasteiger partial charge on any atom is 0.224 e. The molecule has 4 heteroatoms. The van der Waals surface area contributed by atoms with Gasteiger partial charge in [0.05, 0.1) is 11.3 Å². The molecule has 0 atom stereocenters. The van der Waals surface area contributed by atoms with Gasteiger partial charge in [-0.05, 0) is 0 Å². The first-order chi connectivity index (χ1) is 6.24. The van der Waals surface area contributed by atoms with Crippen molar-refractivity contribution >= 4 is 18.6 Å². The fraction of sp³-hybridized carbons (Fsp3) is 0.333. The standard InChI is InChI=1S/C9H11N3S/c1-12(2)9-10-6-8(7-11-9)4-3-5-13/h6-7,13H,5H2,1-2H3. The summed E-state index contributed by atoms with van der Waals surface area (Å²) in [5.41, 5.74) is 0.819. The van der Waals surface area contributed by atoms with Crippen LogP contribution >= 0.6 is 12.6 Å². The van der Waals surface area contributed by atoms with Crippen molar-refractivity contribution in [3.63, 3.8) is 0 Å². The molecule has 3 nitrogen and oxygen atoms in total. The zero-order valence-corrected chi connectivity index (χ0v) is 8.55. The predicted octanol–water partition coefficient (Wildman–Crippen LogP) is 0.824. The van der Waals surface area contributed by atoms with Gasteiger partial charge in [0.25, 0.3) is 0 Å². The van der Waals surface area contributed by atoms with E-state index < -0.39 is 0 Å². The fourth-order valence-corrected chi connectivity index (χ4v) is 0.837. The first kappa shape index (κ1) is 9.87. The van der Waals surface area contributed by atoms with Crippen molar-refractivity contribution in [2.24, 2.45) is 0 Å². The van der Waals surface area contributed by atoms with Crippen molar-refractivity contribution in [2.75, 3.05) is 24.7 Å². The topological polar surface area (TPSA) is 29.0 Å². The van der Waals surface area contributed by atoms with Crippen LogP contribution in [-0.2, 0) is 0 Å². The molecule has 1 aromatic heterocycles. The molecule has 0 aliphatic carbocycles. The van der Waals surface area contributed by atoms with E-state index in [0.717, 1.165) is 5.56 Å². The molecule has 0 N–H and O–H groups in total. The first-order valence-corrected chi connectivity index (χ1v) is 4.46. The minimum atomic E-state index is 0.551. The molecule has 13 heavy (non-hydrogen) atoms. The Balaban J connectivity index is 2.81. The van der Waals surface area contributed by atoms with E-state index in [1.54, 1.807) is 12.4 Å². The lowest BCUT2D eigenvalue weighted by molar-refractivity contribution is 0.995. The van der Waals surface area contributed by atoms with Crippen LogP contribution in [-0.4, -0.2) is 29.8 Å². The lowest BCUT2D eigenvalue weighted by atomic mass is 10.3. The molecular weight excluding hydrogens is 182 g/mol. The van der Waals surface area contributed by atoms with Gasteiger partial charge >= 0.3 is 0 Å². The molecule has 0 amide bonds. The second-order valence-corrected chi connectivity index (χ2v) is 2.94. The van der Waals surface area contributed by atoms with Gasteiger partial charge in [-0.25, -0.2) is 9.97 Å². The highest BCUT2D eigenvalue weighted by molar-refractivity contribution is 7.80. The van der Waals surface area contributed by atoms with Crippen molar-refractivity contribution in [1.29, 1.82) is 0 Å². The Morgan fingerprint density at radius 3 is 2.46 bits per heavy atom. The van der Waals surface area contributed by atoms with E-state index in [0.29, 0.717) is 11.7 Å². The van der Waals surface area contributed by atoms with Crippen molar-refractivity contribution in [3.05, 3.63) is 18.0 Å². The van der Waals surface area contributed by atoms with E-state index in [1.165, 1.54) is 0 Å². The number of nitrogens with zero attached hydrogens (tertiary/aromatic N) is 3. The highest BCUT2D eigenvalue weighted by Gasteiger charge is 1.96. The Kier molecular flexibility index (Phi) is 3.59. The molecule has 1 rings (SSSR count). The summed E-state index contributed by atoms with van der Waals surface area (Å²) >= 11 is 3.98. The number of hydrogen-bond acceptors (Lipinski definition) is 4. The Morgan fingerprint density at radius 2 is 2.00 bits per heavy atom. The maximum absolute atomic E-state index is 4.12. The number of aromatic nitrogens is 2. The number of anilines is 1. The van der Waals surface area contributed by atoms with Crippen LogP contribution in [0.1, 0.15) is 5.56 Å². The Morgan fingerprint density at radius 1 is 1.38 bits per heavy atom. The predicted molar refractivity (Wildman–Crippen MR) is 57.1 cm³/mol. The van der Waals surface area contributed by atoms with E-state index in [2.05, 4.69) is 34.4 Å². The van der Waals surface area contributed by atoms with E-state index in [9.17, 15) is 0 Å². The summed E-state index contributed by atoms with van der Waals surface area (Å²) in [5.74, 6) is 6.97. The average Bonchev–Trinajstić information content (AvgIpc) is 2.15. The summed E-state index contributed by atoms with van der Waals surface area (Å²) < 4.78 is 0. The number of hydrogen-bond donors (Lipinski definition) is 1. The lowest BCUT2D eigenvalue weighted by Gasteiger charge is -2.07. The Hall–Kier alpha value is -1.21. The van der Waals surface area contributed by atoms with Crippen molar-refractivity contribution in [2.45, 2.75) is 0 Å². The Bertz CT molecular complexity index is 321. The third-order valence-electron chi connectivity index (χ3n) is 1.35. The summed E-state index contributed by atoms with van der Waals surface area (Å²) in [6, 6.07) is 0. The molecule has 68 valence electrons. The largest absolute Gasteiger partial charge is 0.347 e. The summed E-state index contributed by atoms with van der Waals surface area (Å²) in [7, 11) is 3.79. The third-order valence-corrected chi connectivity index (χ3v) is 1.51. The summed E-state index contributed by atoms with van der Waals surface area (Å²) in [5, 5.41) is 0. The highest BCUT2D eigenvalue weighted by atomic mass is 32.1. The van der Waals surface area contributed by atoms with Crippen LogP contribution in [0.4, 0.5) is 5.95 Å². The van der Waals surface area contributed by atoms with Crippen LogP contribution in [0, 0.1) is 11.8 Å². The van der Waals surface area contributed by atoms with Gasteiger partial charge in [-0.15, -0.1) is 0 Å². The second-order valence-electron chi connectivity index (χ2n) is 2.63. The monoisotopic (exact) mass is 193 g/mol. The molecule has 0 fully saturated rings. The lowest BCUT2D eigenvalue weighted by Crippen LogP contribution is -2.12. The number of rotatable bonds is 1. The van der Waals surface area contributed by atoms with Crippen molar-refractivity contribution in [3.8, 4) is 11.8 Å². The summed E-state index contributed by atoms with van der Waals surface area (Å²) in [6.45, 7) is 0. The highest BCUT2D eigenvalue weighted by Crippen LogP contribution is 2.01. The zero-order valence-electron chi connectivity index (χ0n) is 7.65. The van der Waals surface area contributed by atoms with Gasteiger partial charge < -0.3 is 4.90 Å². The van der Waals surface area contributed by atoms with Crippen LogP contribution in [0.15, 0.2) is 12.4 Å². The van der Waals surface area contributed by atoms with Gasteiger partial charge in [-0.3, -0.25) is 0 Å². The maximum atomic E-state index is 4.12. The van der Waals surface area contributed by atoms with Crippen LogP contribution in [0.2, 0.25) is 0 Å². The molecule has 0 radical (unpaired) electrons. The van der Waals surface area contributed by atoms with Crippen LogP contribution in [0.3, 0.4) is 0 Å². The third kappa shape index (κ3) is 2.96. The Labute approximate surface area is 83.6 Å². The molecule has 0 aromatic carbocycles. The van der Waals surface area contributed by atoms with Crippen LogP contribution in [0.5, 0.6) is 0 Å². The molecular formula is C9H11N3S. The minimum absolute atomic E-state index is 0.551. The zero-order chi connectivity index (χ0) is 9.68. The van der Waals surface area contributed by atoms with E-state index in [4.69, 9.17) is 0 Å². The van der Waals surface area contributed by atoms with Gasteiger partial charge in [0.2, 0.25) is 5.95 Å². The van der Waals surface area contributed by atoms with Gasteiger partial charge in [-0.1, -0.05) is 11.8 Å². The number of thiol groups is 1. The van der Waals surface area contributed by atoms with Crippen molar-refractivity contribution in [1.82, 2.24) is 9.97 Å². The van der Waals surface area contributed by atoms with Crippen LogP contribution < -0.4 is 4.90 Å². The van der Waals surface area contributed by atoms with E-state index in [-0.39, 0.29) is 0 Å². The normalized spacial score (nSPS) is 8.85. The minimum Gasteiger partial charge on any atom is -0.347 e. The summed E-state index contributed by atoms with van der Waals surface area (Å²) in [6.07, 6.45) is 3.41. The van der Waals surface area contributed by atoms with E-state index in [1.807, 2.05) is 19.0 Å². The first-order valence-electron chi connectivity index (χ1n) is 3.83. The average molecular weight is 193 g/mol. The van der Waals surface area contributed by atoms with E-state index >= 15 is 0 Å². The van der Waals surface area contributed by atoms with Gasteiger partial charge in [-0.2, -0.15) is 12.6 Å².